The number of nitrogens with two attached hydrogens (primary N) is 2. The van der Waals surface area contributed by atoms with Crippen molar-refractivity contribution < 1.29 is 17.9 Å². The Morgan fingerprint density at radius 1 is 1.30 bits per heavy atom. The Morgan fingerprint density at radius 3 is 2.39 bits per heavy atom. The van der Waals surface area contributed by atoms with E-state index >= 15 is 0 Å². The summed E-state index contributed by atoms with van der Waals surface area (Å²) in [5.41, 5.74) is 9.04. The first kappa shape index (κ1) is 16.9. The predicted molar refractivity (Wildman–Crippen MR) is 79.9 cm³/mol. The van der Waals surface area contributed by atoms with Gasteiger partial charge in [0, 0.05) is 6.54 Å². The lowest BCUT2D eigenvalue weighted by Gasteiger charge is -2.10. The minimum absolute atomic E-state index is 0.137. The number of nitrogens with zero attached hydrogens (tertiary/aromatic N) is 3. The summed E-state index contributed by atoms with van der Waals surface area (Å²) in [5, 5.41) is 12.1. The van der Waals surface area contributed by atoms with Crippen molar-refractivity contribution in [2.75, 3.05) is 6.54 Å². The quantitative estimate of drug-likeness (QED) is 0.728. The molecular formula is C13H15F3N6O. The van der Waals surface area contributed by atoms with Crippen LogP contribution in [0.2, 0.25) is 0 Å². The summed E-state index contributed by atoms with van der Waals surface area (Å²) in [7, 11) is 0. The van der Waals surface area contributed by atoms with E-state index in [1.165, 1.54) is 24.3 Å². The first-order valence-electron chi connectivity index (χ1n) is 6.61. The SMILES string of the molecule is CCN1N=C(C(F)(F)F)C(=Nc2ccc(OC(N)N)cc2)C1=N. The van der Waals surface area contributed by atoms with Crippen LogP contribution in [0.5, 0.6) is 5.75 Å². The van der Waals surface area contributed by atoms with Crippen LogP contribution in [-0.4, -0.2) is 41.3 Å². The van der Waals surface area contributed by atoms with E-state index in [2.05, 4.69) is 10.1 Å². The summed E-state index contributed by atoms with van der Waals surface area (Å²) >= 11 is 0. The van der Waals surface area contributed by atoms with E-state index in [-0.39, 0.29) is 12.2 Å². The molecule has 1 heterocycles. The highest BCUT2D eigenvalue weighted by atomic mass is 19.4. The van der Waals surface area contributed by atoms with Gasteiger partial charge in [-0.2, -0.15) is 18.3 Å². The monoisotopic (exact) mass is 328 g/mol. The van der Waals surface area contributed by atoms with Crippen LogP contribution >= 0.6 is 0 Å². The number of hydrazone groups is 1. The molecule has 0 fully saturated rings. The lowest BCUT2D eigenvalue weighted by molar-refractivity contribution is -0.0570. The van der Waals surface area contributed by atoms with E-state index in [4.69, 9.17) is 21.6 Å². The third-order valence-corrected chi connectivity index (χ3v) is 2.85. The molecule has 5 N–H and O–H groups in total. The molecule has 0 saturated carbocycles. The average molecular weight is 328 g/mol. The van der Waals surface area contributed by atoms with Crippen LogP contribution in [0.1, 0.15) is 6.92 Å². The molecule has 1 aliphatic rings. The molecule has 1 aliphatic heterocycles. The number of aliphatic imine (C=N–C) groups is 1. The van der Waals surface area contributed by atoms with Gasteiger partial charge in [0.25, 0.3) is 0 Å². The Balaban J connectivity index is 2.33. The summed E-state index contributed by atoms with van der Waals surface area (Å²) in [6.45, 7) is 1.73. The first-order valence-corrected chi connectivity index (χ1v) is 6.61. The van der Waals surface area contributed by atoms with Gasteiger partial charge in [-0.05, 0) is 31.2 Å². The molecular weight excluding hydrogens is 313 g/mol. The minimum atomic E-state index is -4.69. The van der Waals surface area contributed by atoms with Crippen LogP contribution in [0.15, 0.2) is 34.4 Å². The average Bonchev–Trinajstić information content (AvgIpc) is 2.77. The zero-order valence-corrected chi connectivity index (χ0v) is 12.1. The van der Waals surface area contributed by atoms with Gasteiger partial charge in [-0.3, -0.25) is 16.9 Å². The van der Waals surface area contributed by atoms with Crippen molar-refractivity contribution in [2.45, 2.75) is 19.5 Å². The minimum Gasteiger partial charge on any atom is -0.463 e. The molecule has 1 aromatic rings. The highest BCUT2D eigenvalue weighted by Gasteiger charge is 2.45. The molecule has 0 amide bonds. The summed E-state index contributed by atoms with van der Waals surface area (Å²) in [6.07, 6.45) is -5.69. The van der Waals surface area contributed by atoms with Gasteiger partial charge < -0.3 is 4.74 Å². The molecule has 0 spiro atoms. The van der Waals surface area contributed by atoms with Crippen LogP contribution in [0.4, 0.5) is 18.9 Å². The van der Waals surface area contributed by atoms with Crippen LogP contribution in [-0.2, 0) is 0 Å². The number of hydrogen-bond acceptors (Lipinski definition) is 6. The molecule has 10 heteroatoms. The van der Waals surface area contributed by atoms with Gasteiger partial charge in [0.05, 0.1) is 5.69 Å². The summed E-state index contributed by atoms with van der Waals surface area (Å²) in [4.78, 5) is 3.89. The number of alkyl halides is 3. The number of hydrogen-bond donors (Lipinski definition) is 3. The lowest BCUT2D eigenvalue weighted by Crippen LogP contribution is -2.36. The molecule has 0 aliphatic carbocycles. The van der Waals surface area contributed by atoms with E-state index in [9.17, 15) is 13.2 Å². The fraction of sp³-hybridized carbons (Fsp3) is 0.308. The summed E-state index contributed by atoms with van der Waals surface area (Å²) < 4.78 is 44.1. The normalized spacial score (nSPS) is 17.2. The third kappa shape index (κ3) is 3.85. The molecule has 23 heavy (non-hydrogen) atoms. The Kier molecular flexibility index (Phi) is 4.66. The van der Waals surface area contributed by atoms with Crippen LogP contribution in [0.3, 0.4) is 0 Å². The highest BCUT2D eigenvalue weighted by molar-refractivity contribution is 6.70. The standard InChI is InChI=1S/C13H15F3N6O/c1-2-22-11(17)9(10(21-22)13(14,15)16)20-7-3-5-8(6-4-7)23-12(18)19/h3-6,12,17H,2,18-19H2,1H3. The second-order valence-electron chi connectivity index (χ2n) is 4.55. The number of nitrogens with one attached hydrogen (secondary N) is 1. The number of halogens is 3. The van der Waals surface area contributed by atoms with Gasteiger partial charge >= 0.3 is 6.18 Å². The fourth-order valence-electron chi connectivity index (χ4n) is 1.86. The third-order valence-electron chi connectivity index (χ3n) is 2.85. The molecule has 0 aromatic heterocycles. The number of benzene rings is 1. The number of rotatable bonds is 4. The van der Waals surface area contributed by atoms with Gasteiger partial charge in [0.2, 0.25) is 6.35 Å². The smallest absolute Gasteiger partial charge is 0.437 e. The molecule has 2 rings (SSSR count). The topological polar surface area (TPSA) is 113 Å². The number of ether oxygens (including phenoxy) is 1. The summed E-state index contributed by atoms with van der Waals surface area (Å²) in [5.74, 6) is -0.0468. The van der Waals surface area contributed by atoms with Crippen molar-refractivity contribution in [3.05, 3.63) is 24.3 Å². The van der Waals surface area contributed by atoms with E-state index < -0.39 is 29.8 Å². The maximum Gasteiger partial charge on any atom is 0.437 e. The molecule has 0 unspecified atom stereocenters. The van der Waals surface area contributed by atoms with Crippen LogP contribution < -0.4 is 16.2 Å². The molecule has 7 nitrogen and oxygen atoms in total. The lowest BCUT2D eigenvalue weighted by atomic mass is 10.2. The zero-order valence-electron chi connectivity index (χ0n) is 12.1. The molecule has 0 atom stereocenters. The number of amidine groups is 1. The Labute approximate surface area is 129 Å². The Bertz CT molecular complexity index is 651. The van der Waals surface area contributed by atoms with Crippen molar-refractivity contribution >= 4 is 22.9 Å². The van der Waals surface area contributed by atoms with Crippen molar-refractivity contribution in [2.24, 2.45) is 21.6 Å². The van der Waals surface area contributed by atoms with Crippen molar-refractivity contribution in [1.29, 1.82) is 5.41 Å². The van der Waals surface area contributed by atoms with E-state index in [1.54, 1.807) is 6.92 Å². The van der Waals surface area contributed by atoms with Gasteiger partial charge in [-0.15, -0.1) is 0 Å². The Hall–Kier alpha value is -2.46. The van der Waals surface area contributed by atoms with Gasteiger partial charge in [0.1, 0.15) is 11.5 Å². The van der Waals surface area contributed by atoms with Gasteiger partial charge in [-0.1, -0.05) is 0 Å². The van der Waals surface area contributed by atoms with Gasteiger partial charge in [0.15, 0.2) is 11.5 Å². The van der Waals surface area contributed by atoms with Gasteiger partial charge in [-0.25, -0.2) is 10.0 Å². The second kappa shape index (κ2) is 6.34. The molecule has 0 radical (unpaired) electrons. The molecule has 124 valence electrons. The van der Waals surface area contributed by atoms with Crippen LogP contribution in [0, 0.1) is 5.41 Å². The van der Waals surface area contributed by atoms with Crippen LogP contribution in [0.25, 0.3) is 0 Å². The predicted octanol–water partition coefficient (Wildman–Crippen LogP) is 1.57. The van der Waals surface area contributed by atoms with Crippen molar-refractivity contribution in [3.63, 3.8) is 0 Å². The maximum absolute atomic E-state index is 13.0. The fourth-order valence-corrected chi connectivity index (χ4v) is 1.86. The highest BCUT2D eigenvalue weighted by Crippen LogP contribution is 2.26. The van der Waals surface area contributed by atoms with E-state index in [0.717, 1.165) is 5.01 Å². The Morgan fingerprint density at radius 2 is 1.91 bits per heavy atom. The maximum atomic E-state index is 13.0. The molecule has 0 saturated heterocycles. The zero-order chi connectivity index (χ0) is 17.2. The summed E-state index contributed by atoms with van der Waals surface area (Å²) in [6, 6.07) is 5.79. The van der Waals surface area contributed by atoms with E-state index in [1.807, 2.05) is 0 Å². The molecule has 1 aromatic carbocycles. The second-order valence-corrected chi connectivity index (χ2v) is 4.55. The largest absolute Gasteiger partial charge is 0.463 e. The van der Waals surface area contributed by atoms with Crippen molar-refractivity contribution in [1.82, 2.24) is 5.01 Å². The molecule has 0 bridgehead atoms. The van der Waals surface area contributed by atoms with Crippen molar-refractivity contribution in [3.8, 4) is 5.75 Å². The first-order chi connectivity index (χ1) is 10.7. The van der Waals surface area contributed by atoms with E-state index in [0.29, 0.717) is 5.75 Å².